The topological polar surface area (TPSA) is 85.3 Å². The minimum absolute atomic E-state index is 0.0255. The third-order valence-electron chi connectivity index (χ3n) is 3.51. The first kappa shape index (κ1) is 16.7. The Labute approximate surface area is 148 Å². The number of nitro groups is 1. The molecular formula is C17H14ClN5O2. The quantitative estimate of drug-likeness (QED) is 0.422. The van der Waals surface area contributed by atoms with E-state index in [0.717, 1.165) is 11.4 Å². The molecule has 0 atom stereocenters. The fraction of sp³-hybridized carbons (Fsp3) is 0.0588. The number of para-hydroxylation sites is 1. The molecule has 0 bridgehead atoms. The number of aryl methyl sites for hydroxylation is 1. The minimum Gasteiger partial charge on any atom is -0.278 e. The van der Waals surface area contributed by atoms with Crippen molar-refractivity contribution in [2.45, 2.75) is 6.92 Å². The molecule has 7 nitrogen and oxygen atoms in total. The molecule has 0 spiro atoms. The first-order valence-corrected chi connectivity index (χ1v) is 7.78. The van der Waals surface area contributed by atoms with Crippen LogP contribution in [0.3, 0.4) is 0 Å². The van der Waals surface area contributed by atoms with Crippen molar-refractivity contribution < 1.29 is 4.92 Å². The zero-order chi connectivity index (χ0) is 17.8. The maximum Gasteiger partial charge on any atom is 0.269 e. The van der Waals surface area contributed by atoms with Crippen molar-refractivity contribution in [2.24, 2.45) is 5.10 Å². The summed E-state index contributed by atoms with van der Waals surface area (Å²) in [5.74, 6) is 0. The molecule has 1 heterocycles. The van der Waals surface area contributed by atoms with Gasteiger partial charge in [-0.1, -0.05) is 29.8 Å². The predicted molar refractivity (Wildman–Crippen MR) is 97.6 cm³/mol. The summed E-state index contributed by atoms with van der Waals surface area (Å²) in [4.78, 5) is 10.2. The summed E-state index contributed by atoms with van der Waals surface area (Å²) in [6, 6.07) is 15.5. The van der Waals surface area contributed by atoms with E-state index < -0.39 is 4.92 Å². The molecule has 0 fully saturated rings. The summed E-state index contributed by atoms with van der Waals surface area (Å²) < 4.78 is 1.64. The Kier molecular flexibility index (Phi) is 4.76. The first-order valence-electron chi connectivity index (χ1n) is 7.40. The van der Waals surface area contributed by atoms with Crippen LogP contribution < -0.4 is 5.43 Å². The molecule has 8 heteroatoms. The van der Waals surface area contributed by atoms with Crippen molar-refractivity contribution in [3.63, 3.8) is 0 Å². The fourth-order valence-corrected chi connectivity index (χ4v) is 2.55. The van der Waals surface area contributed by atoms with E-state index in [0.29, 0.717) is 16.4 Å². The Morgan fingerprint density at radius 3 is 2.52 bits per heavy atom. The van der Waals surface area contributed by atoms with Crippen LogP contribution in [0.5, 0.6) is 0 Å². The zero-order valence-corrected chi connectivity index (χ0v) is 14.0. The SMILES string of the molecule is Cc1nn(-c2ccccc2)c(Cl)c1/C=N\Nc1ccc([N+](=O)[O-])cc1. The highest BCUT2D eigenvalue weighted by molar-refractivity contribution is 6.32. The number of halogens is 1. The summed E-state index contributed by atoms with van der Waals surface area (Å²) in [7, 11) is 0. The van der Waals surface area contributed by atoms with Crippen molar-refractivity contribution in [3.8, 4) is 5.69 Å². The standard InChI is InChI=1S/C17H14ClN5O2/c1-12-16(17(18)22(21-12)14-5-3-2-4-6-14)11-19-20-13-7-9-15(10-8-13)23(24)25/h2-11,20H,1H3/b19-11-. The molecule has 0 aliphatic carbocycles. The van der Waals surface area contributed by atoms with Crippen molar-refractivity contribution in [3.05, 3.63) is 81.1 Å². The van der Waals surface area contributed by atoms with Gasteiger partial charge >= 0.3 is 0 Å². The molecule has 3 aromatic rings. The smallest absolute Gasteiger partial charge is 0.269 e. The van der Waals surface area contributed by atoms with Crippen LogP contribution in [0.25, 0.3) is 5.69 Å². The molecule has 0 radical (unpaired) electrons. The molecule has 0 saturated carbocycles. The number of hydrogen-bond acceptors (Lipinski definition) is 5. The van der Waals surface area contributed by atoms with Crippen LogP contribution in [0, 0.1) is 17.0 Å². The third-order valence-corrected chi connectivity index (χ3v) is 3.88. The minimum atomic E-state index is -0.450. The van der Waals surface area contributed by atoms with E-state index in [4.69, 9.17) is 11.6 Å². The van der Waals surface area contributed by atoms with Gasteiger partial charge in [-0.05, 0) is 31.2 Å². The Morgan fingerprint density at radius 1 is 1.20 bits per heavy atom. The Balaban J connectivity index is 1.78. The molecule has 0 unspecified atom stereocenters. The summed E-state index contributed by atoms with van der Waals surface area (Å²) >= 11 is 6.41. The van der Waals surface area contributed by atoms with Gasteiger partial charge < -0.3 is 0 Å². The monoisotopic (exact) mass is 355 g/mol. The number of aromatic nitrogens is 2. The number of hydrogen-bond donors (Lipinski definition) is 1. The molecule has 3 rings (SSSR count). The second-order valence-corrected chi connectivity index (χ2v) is 5.57. The normalized spacial score (nSPS) is 11.0. The van der Waals surface area contributed by atoms with Crippen LogP contribution in [0.4, 0.5) is 11.4 Å². The van der Waals surface area contributed by atoms with E-state index in [-0.39, 0.29) is 5.69 Å². The average molecular weight is 356 g/mol. The number of nitrogens with one attached hydrogen (secondary N) is 1. The van der Waals surface area contributed by atoms with E-state index in [9.17, 15) is 10.1 Å². The molecule has 2 aromatic carbocycles. The highest BCUT2D eigenvalue weighted by Crippen LogP contribution is 2.22. The molecule has 126 valence electrons. The fourth-order valence-electron chi connectivity index (χ4n) is 2.23. The lowest BCUT2D eigenvalue weighted by molar-refractivity contribution is -0.384. The lowest BCUT2D eigenvalue weighted by Gasteiger charge is -2.02. The summed E-state index contributed by atoms with van der Waals surface area (Å²) in [6.07, 6.45) is 1.57. The number of anilines is 1. The molecule has 1 aromatic heterocycles. The molecule has 0 saturated heterocycles. The van der Waals surface area contributed by atoms with Gasteiger partial charge in [-0.25, -0.2) is 4.68 Å². The van der Waals surface area contributed by atoms with Crippen molar-refractivity contribution in [2.75, 3.05) is 5.43 Å². The molecule has 0 aliphatic heterocycles. The Hall–Kier alpha value is -3.19. The van der Waals surface area contributed by atoms with Crippen LogP contribution in [0.15, 0.2) is 59.7 Å². The van der Waals surface area contributed by atoms with E-state index in [1.54, 1.807) is 23.0 Å². The maximum absolute atomic E-state index is 10.6. The van der Waals surface area contributed by atoms with Crippen LogP contribution in [-0.4, -0.2) is 20.9 Å². The van der Waals surface area contributed by atoms with Gasteiger partial charge in [0.05, 0.1) is 33.8 Å². The molecule has 1 N–H and O–H groups in total. The van der Waals surface area contributed by atoms with Gasteiger partial charge in [-0.2, -0.15) is 10.2 Å². The van der Waals surface area contributed by atoms with Gasteiger partial charge in [0, 0.05) is 12.1 Å². The largest absolute Gasteiger partial charge is 0.278 e. The van der Waals surface area contributed by atoms with Gasteiger partial charge in [0.15, 0.2) is 0 Å². The van der Waals surface area contributed by atoms with Crippen LogP contribution in [0.2, 0.25) is 5.15 Å². The second-order valence-electron chi connectivity index (χ2n) is 5.21. The van der Waals surface area contributed by atoms with Crippen LogP contribution >= 0.6 is 11.6 Å². The van der Waals surface area contributed by atoms with Gasteiger partial charge in [0.1, 0.15) is 5.15 Å². The van der Waals surface area contributed by atoms with Gasteiger partial charge in [0.25, 0.3) is 5.69 Å². The predicted octanol–water partition coefficient (Wildman–Crippen LogP) is 4.19. The van der Waals surface area contributed by atoms with E-state index >= 15 is 0 Å². The number of nitrogens with zero attached hydrogens (tertiary/aromatic N) is 4. The number of nitro benzene ring substituents is 1. The first-order chi connectivity index (χ1) is 12.1. The van der Waals surface area contributed by atoms with Crippen LogP contribution in [0.1, 0.15) is 11.3 Å². The second kappa shape index (κ2) is 7.14. The molecule has 25 heavy (non-hydrogen) atoms. The highest BCUT2D eigenvalue weighted by atomic mass is 35.5. The maximum atomic E-state index is 10.6. The number of benzene rings is 2. The lowest BCUT2D eigenvalue weighted by Crippen LogP contribution is -1.96. The number of non-ortho nitro benzene ring substituents is 1. The van der Waals surface area contributed by atoms with Crippen LogP contribution in [-0.2, 0) is 0 Å². The molecular weight excluding hydrogens is 342 g/mol. The molecule has 0 aliphatic rings. The van der Waals surface area contributed by atoms with E-state index in [2.05, 4.69) is 15.6 Å². The summed E-state index contributed by atoms with van der Waals surface area (Å²) in [5, 5.41) is 19.7. The van der Waals surface area contributed by atoms with Crippen molar-refractivity contribution in [1.29, 1.82) is 0 Å². The third kappa shape index (κ3) is 3.67. The van der Waals surface area contributed by atoms with Gasteiger partial charge in [-0.15, -0.1) is 0 Å². The average Bonchev–Trinajstić information content (AvgIpc) is 2.91. The Bertz CT molecular complexity index is 920. The number of hydrazone groups is 1. The lowest BCUT2D eigenvalue weighted by atomic mass is 10.3. The van der Waals surface area contributed by atoms with E-state index in [1.165, 1.54) is 12.1 Å². The highest BCUT2D eigenvalue weighted by Gasteiger charge is 2.12. The van der Waals surface area contributed by atoms with Crippen molar-refractivity contribution >= 4 is 29.2 Å². The van der Waals surface area contributed by atoms with Gasteiger partial charge in [0.2, 0.25) is 0 Å². The summed E-state index contributed by atoms with van der Waals surface area (Å²) in [6.45, 7) is 1.85. The Morgan fingerprint density at radius 2 is 1.88 bits per heavy atom. The molecule has 0 amide bonds. The zero-order valence-electron chi connectivity index (χ0n) is 13.3. The number of rotatable bonds is 5. The van der Waals surface area contributed by atoms with Crippen molar-refractivity contribution in [1.82, 2.24) is 9.78 Å². The summed E-state index contributed by atoms with van der Waals surface area (Å²) in [5.41, 5.74) is 5.76. The van der Waals surface area contributed by atoms with Gasteiger partial charge in [-0.3, -0.25) is 15.5 Å². The van der Waals surface area contributed by atoms with E-state index in [1.807, 2.05) is 37.3 Å².